The minimum absolute atomic E-state index is 0.0505. The molecule has 0 unspecified atom stereocenters. The number of para-hydroxylation sites is 1. The fraction of sp³-hybridized carbons (Fsp3) is 0.182. The maximum Gasteiger partial charge on any atom is 0.417 e. The first-order valence-corrected chi connectivity index (χ1v) is 4.51. The van der Waals surface area contributed by atoms with Gasteiger partial charge in [-0.3, -0.25) is 0 Å². The third-order valence-electron chi connectivity index (χ3n) is 2.32. The Balaban J connectivity index is 2.99. The van der Waals surface area contributed by atoms with Crippen LogP contribution in [0.5, 0.6) is 0 Å². The van der Waals surface area contributed by atoms with Crippen molar-refractivity contribution in [1.82, 2.24) is 0 Å². The molecule has 0 atom stereocenters. The minimum atomic E-state index is -4.56. The molecule has 0 aliphatic heterocycles. The van der Waals surface area contributed by atoms with Gasteiger partial charge in [-0.2, -0.15) is 13.2 Å². The van der Waals surface area contributed by atoms with E-state index in [1.54, 1.807) is 0 Å². The number of fused-ring (bicyclic) bond motifs is 1. The van der Waals surface area contributed by atoms with Crippen molar-refractivity contribution in [2.75, 3.05) is 0 Å². The summed E-state index contributed by atoms with van der Waals surface area (Å²) >= 11 is 0. The van der Waals surface area contributed by atoms with Crippen molar-refractivity contribution < 1.29 is 17.6 Å². The quantitative estimate of drug-likeness (QED) is 0.648. The molecular weight excluding hydrogens is 221 g/mol. The van der Waals surface area contributed by atoms with E-state index >= 15 is 0 Å². The van der Waals surface area contributed by atoms with Gasteiger partial charge in [0, 0.05) is 10.9 Å². The summed E-state index contributed by atoms with van der Waals surface area (Å²) in [6, 6.07) is 5.61. The predicted octanol–water partition coefficient (Wildman–Crippen LogP) is 3.12. The molecule has 0 aliphatic rings. The van der Waals surface area contributed by atoms with Crippen molar-refractivity contribution in [2.45, 2.75) is 13.1 Å². The number of alkyl halides is 3. The molecule has 2 nitrogen and oxygen atoms in total. The molecule has 0 amide bonds. The molecule has 1 heterocycles. The van der Waals surface area contributed by atoms with E-state index in [0.717, 1.165) is 6.92 Å². The number of hydrogen-bond donors (Lipinski definition) is 0. The van der Waals surface area contributed by atoms with Crippen molar-refractivity contribution in [3.63, 3.8) is 0 Å². The smallest absolute Gasteiger partial charge is 0.417 e. The highest BCUT2D eigenvalue weighted by atomic mass is 19.4. The summed E-state index contributed by atoms with van der Waals surface area (Å²) in [4.78, 5) is 11.2. The van der Waals surface area contributed by atoms with E-state index < -0.39 is 22.9 Å². The van der Waals surface area contributed by atoms with Crippen LogP contribution in [0.4, 0.5) is 13.2 Å². The van der Waals surface area contributed by atoms with Gasteiger partial charge in [0.1, 0.15) is 5.58 Å². The lowest BCUT2D eigenvalue weighted by Gasteiger charge is -2.11. The van der Waals surface area contributed by atoms with Crippen LogP contribution in [0.1, 0.15) is 11.1 Å². The molecule has 0 bridgehead atoms. The molecule has 0 saturated carbocycles. The monoisotopic (exact) mass is 228 g/mol. The maximum atomic E-state index is 12.8. The van der Waals surface area contributed by atoms with Crippen LogP contribution >= 0.6 is 0 Å². The van der Waals surface area contributed by atoms with Gasteiger partial charge in [-0.25, -0.2) is 4.79 Å². The third-order valence-corrected chi connectivity index (χ3v) is 2.32. The van der Waals surface area contributed by atoms with Gasteiger partial charge in [-0.15, -0.1) is 0 Å². The van der Waals surface area contributed by atoms with Gasteiger partial charge in [0.15, 0.2) is 0 Å². The standard InChI is InChI=1S/C11H7F3O2/c1-6-9(11(12,13)14)7-4-2-3-5-8(7)16-10(6)15/h2-5H,1H3. The summed E-state index contributed by atoms with van der Waals surface area (Å²) < 4.78 is 43.1. The van der Waals surface area contributed by atoms with Crippen LogP contribution in [-0.2, 0) is 6.18 Å². The van der Waals surface area contributed by atoms with Crippen molar-refractivity contribution >= 4 is 11.0 Å². The number of halogens is 3. The molecule has 2 aromatic rings. The van der Waals surface area contributed by atoms with Crippen molar-refractivity contribution in [2.24, 2.45) is 0 Å². The van der Waals surface area contributed by atoms with E-state index in [-0.39, 0.29) is 11.0 Å². The molecule has 0 spiro atoms. The van der Waals surface area contributed by atoms with E-state index in [4.69, 9.17) is 4.42 Å². The third kappa shape index (κ3) is 1.58. The van der Waals surface area contributed by atoms with Crippen LogP contribution in [0.25, 0.3) is 11.0 Å². The number of hydrogen-bond acceptors (Lipinski definition) is 2. The Labute approximate surface area is 88.3 Å². The second kappa shape index (κ2) is 3.37. The lowest BCUT2D eigenvalue weighted by molar-refractivity contribution is -0.137. The lowest BCUT2D eigenvalue weighted by atomic mass is 10.1. The van der Waals surface area contributed by atoms with Crippen LogP contribution in [-0.4, -0.2) is 0 Å². The zero-order valence-corrected chi connectivity index (χ0v) is 8.26. The summed E-state index contributed by atoms with van der Waals surface area (Å²) in [7, 11) is 0. The fourth-order valence-electron chi connectivity index (χ4n) is 1.61. The van der Waals surface area contributed by atoms with Crippen molar-refractivity contribution in [3.05, 3.63) is 45.8 Å². The average Bonchev–Trinajstić information content (AvgIpc) is 2.17. The van der Waals surface area contributed by atoms with Gasteiger partial charge < -0.3 is 4.42 Å². The Morgan fingerprint density at radius 3 is 2.44 bits per heavy atom. The molecule has 0 radical (unpaired) electrons. The maximum absolute atomic E-state index is 12.8. The molecule has 0 N–H and O–H groups in total. The summed E-state index contributed by atoms with van der Waals surface area (Å²) in [6.45, 7) is 1.11. The normalized spacial score (nSPS) is 12.0. The van der Waals surface area contributed by atoms with E-state index in [2.05, 4.69) is 0 Å². The molecule has 0 aliphatic carbocycles. The van der Waals surface area contributed by atoms with Gasteiger partial charge in [-0.05, 0) is 13.0 Å². The highest BCUT2D eigenvalue weighted by molar-refractivity contribution is 5.81. The number of rotatable bonds is 0. The van der Waals surface area contributed by atoms with Crippen LogP contribution in [0.15, 0.2) is 33.5 Å². The summed E-state index contributed by atoms with van der Waals surface area (Å²) in [5.74, 6) is 0. The number of benzene rings is 1. The van der Waals surface area contributed by atoms with Crippen LogP contribution in [0, 0.1) is 6.92 Å². The Kier molecular flexibility index (Phi) is 2.26. The van der Waals surface area contributed by atoms with E-state index in [9.17, 15) is 18.0 Å². The van der Waals surface area contributed by atoms with Gasteiger partial charge in [0.05, 0.1) is 5.56 Å². The van der Waals surface area contributed by atoms with Crippen molar-refractivity contribution in [1.29, 1.82) is 0 Å². The van der Waals surface area contributed by atoms with Gasteiger partial charge in [0.2, 0.25) is 0 Å². The highest BCUT2D eigenvalue weighted by Crippen LogP contribution is 2.35. The van der Waals surface area contributed by atoms with Crippen LogP contribution in [0.3, 0.4) is 0 Å². The Morgan fingerprint density at radius 2 is 1.81 bits per heavy atom. The van der Waals surface area contributed by atoms with Crippen LogP contribution in [0.2, 0.25) is 0 Å². The Morgan fingerprint density at radius 1 is 1.19 bits per heavy atom. The van der Waals surface area contributed by atoms with Crippen molar-refractivity contribution in [3.8, 4) is 0 Å². The van der Waals surface area contributed by atoms with Gasteiger partial charge in [0.25, 0.3) is 0 Å². The van der Waals surface area contributed by atoms with Gasteiger partial charge >= 0.3 is 11.8 Å². The molecule has 2 rings (SSSR count). The highest BCUT2D eigenvalue weighted by Gasteiger charge is 2.36. The molecular formula is C11H7F3O2. The van der Waals surface area contributed by atoms with Gasteiger partial charge in [-0.1, -0.05) is 18.2 Å². The molecule has 84 valence electrons. The second-order valence-electron chi connectivity index (χ2n) is 3.38. The second-order valence-corrected chi connectivity index (χ2v) is 3.38. The van der Waals surface area contributed by atoms with Crippen LogP contribution < -0.4 is 5.63 Å². The molecule has 0 saturated heterocycles. The zero-order valence-electron chi connectivity index (χ0n) is 8.26. The molecule has 0 fully saturated rings. The first kappa shape index (κ1) is 10.7. The lowest BCUT2D eigenvalue weighted by Crippen LogP contribution is -2.15. The molecule has 5 heteroatoms. The Bertz CT molecular complexity index is 596. The van der Waals surface area contributed by atoms with E-state index in [1.807, 2.05) is 0 Å². The minimum Gasteiger partial charge on any atom is -0.423 e. The SMILES string of the molecule is Cc1c(C(F)(F)F)c2ccccc2oc1=O. The first-order chi connectivity index (χ1) is 7.41. The van der Waals surface area contributed by atoms with E-state index in [0.29, 0.717) is 0 Å². The summed E-state index contributed by atoms with van der Waals surface area (Å²) in [5.41, 5.74) is -2.33. The zero-order chi connectivity index (χ0) is 11.9. The summed E-state index contributed by atoms with van der Waals surface area (Å²) in [6.07, 6.45) is -4.56. The van der Waals surface area contributed by atoms with E-state index in [1.165, 1.54) is 24.3 Å². The average molecular weight is 228 g/mol. The fourth-order valence-corrected chi connectivity index (χ4v) is 1.61. The molecule has 16 heavy (non-hydrogen) atoms. The Hall–Kier alpha value is -1.78. The summed E-state index contributed by atoms with van der Waals surface area (Å²) in [5, 5.41) is -0.0906. The molecule has 1 aromatic carbocycles. The molecule has 1 aromatic heterocycles. The predicted molar refractivity (Wildman–Crippen MR) is 52.2 cm³/mol. The first-order valence-electron chi connectivity index (χ1n) is 4.51. The largest absolute Gasteiger partial charge is 0.423 e. The topological polar surface area (TPSA) is 30.2 Å².